The molecule has 5 nitrogen and oxygen atoms in total. The molecule has 0 aromatic heterocycles. The summed E-state index contributed by atoms with van der Waals surface area (Å²) in [6, 6.07) is 6.54. The van der Waals surface area contributed by atoms with Crippen molar-refractivity contribution in [1.29, 1.82) is 0 Å². The number of carboxylic acids is 1. The lowest BCUT2D eigenvalue weighted by atomic mass is 10.1. The van der Waals surface area contributed by atoms with E-state index >= 15 is 0 Å². The van der Waals surface area contributed by atoms with Crippen molar-refractivity contribution in [1.82, 2.24) is 5.32 Å². The van der Waals surface area contributed by atoms with Crippen LogP contribution in [0.4, 0.5) is 5.69 Å². The first-order valence-electron chi connectivity index (χ1n) is 6.49. The van der Waals surface area contributed by atoms with E-state index in [1.807, 2.05) is 31.2 Å². The molecule has 0 saturated carbocycles. The molecule has 2 rings (SSSR count). The van der Waals surface area contributed by atoms with Crippen molar-refractivity contribution in [3.8, 4) is 0 Å². The number of carbonyl (C=O) groups excluding carboxylic acids is 1. The fourth-order valence-electron chi connectivity index (χ4n) is 2.27. The predicted molar refractivity (Wildman–Crippen MR) is 72.0 cm³/mol. The minimum atomic E-state index is -0.981. The first-order valence-corrected chi connectivity index (χ1v) is 6.49. The molecule has 1 amide bonds. The summed E-state index contributed by atoms with van der Waals surface area (Å²) in [5.41, 5.74) is 2.04. The fourth-order valence-corrected chi connectivity index (χ4v) is 2.27. The summed E-state index contributed by atoms with van der Waals surface area (Å²) < 4.78 is 0. The molecule has 1 aliphatic rings. The topological polar surface area (TPSA) is 78.4 Å². The zero-order valence-corrected chi connectivity index (χ0v) is 10.8. The number of aliphatic carboxylic acids is 1. The van der Waals surface area contributed by atoms with Gasteiger partial charge in [0.25, 0.3) is 0 Å². The normalized spacial score (nSPS) is 18.3. The van der Waals surface area contributed by atoms with Crippen LogP contribution in [0.25, 0.3) is 0 Å². The summed E-state index contributed by atoms with van der Waals surface area (Å²) in [4.78, 5) is 23.1. The number of hydrogen-bond acceptors (Lipinski definition) is 3. The molecule has 1 aromatic carbocycles. The molecular formula is C14H18N2O3. The summed E-state index contributed by atoms with van der Waals surface area (Å²) in [5.74, 6) is -1.23. The van der Waals surface area contributed by atoms with Gasteiger partial charge in [-0.05, 0) is 18.1 Å². The number of carbonyl (C=O) groups is 2. The second-order valence-corrected chi connectivity index (χ2v) is 4.75. The summed E-state index contributed by atoms with van der Waals surface area (Å²) in [7, 11) is 0. The average Bonchev–Trinajstić information content (AvgIpc) is 2.81. The minimum Gasteiger partial charge on any atom is -0.480 e. The van der Waals surface area contributed by atoms with Crippen LogP contribution < -0.4 is 10.6 Å². The van der Waals surface area contributed by atoms with Gasteiger partial charge in [0.05, 0.1) is 0 Å². The van der Waals surface area contributed by atoms with Crippen LogP contribution in [0.2, 0.25) is 0 Å². The Kier molecular flexibility index (Phi) is 4.04. The molecule has 0 radical (unpaired) electrons. The van der Waals surface area contributed by atoms with Gasteiger partial charge in [0, 0.05) is 12.1 Å². The van der Waals surface area contributed by atoms with E-state index in [9.17, 15) is 9.59 Å². The third-order valence-electron chi connectivity index (χ3n) is 3.28. The molecule has 0 bridgehead atoms. The number of benzene rings is 1. The van der Waals surface area contributed by atoms with Crippen LogP contribution in [-0.4, -0.2) is 29.1 Å². The second-order valence-electron chi connectivity index (χ2n) is 4.75. The van der Waals surface area contributed by atoms with Crippen molar-refractivity contribution in [2.75, 3.05) is 5.32 Å². The molecule has 1 aliphatic heterocycles. The minimum absolute atomic E-state index is 0.253. The van der Waals surface area contributed by atoms with Gasteiger partial charge >= 0.3 is 5.97 Å². The average molecular weight is 262 g/mol. The first kappa shape index (κ1) is 13.4. The molecule has 5 heteroatoms. The van der Waals surface area contributed by atoms with Crippen molar-refractivity contribution in [3.05, 3.63) is 29.8 Å². The van der Waals surface area contributed by atoms with Gasteiger partial charge in [0.1, 0.15) is 12.1 Å². The number of carboxylic acid groups (broad SMARTS) is 1. The van der Waals surface area contributed by atoms with Crippen LogP contribution in [0.5, 0.6) is 0 Å². The standard InChI is InChI=1S/C14H18N2O3/c1-2-5-11(14(18)19)16-13(17)12-8-9-6-3-4-7-10(9)15-12/h3-4,6-7,11-12,15H,2,5,8H2,1H3,(H,16,17)(H,18,19)/t11-,12+/m1/s1. The molecule has 19 heavy (non-hydrogen) atoms. The van der Waals surface area contributed by atoms with Crippen LogP contribution >= 0.6 is 0 Å². The van der Waals surface area contributed by atoms with Gasteiger partial charge in [0.2, 0.25) is 5.91 Å². The SMILES string of the molecule is CCC[C@@H](NC(=O)[C@@H]1Cc2ccccc2N1)C(=O)O. The molecule has 102 valence electrons. The molecule has 2 atom stereocenters. The van der Waals surface area contributed by atoms with Gasteiger partial charge in [-0.3, -0.25) is 4.79 Å². The second kappa shape index (κ2) is 5.73. The molecule has 1 heterocycles. The van der Waals surface area contributed by atoms with Crippen molar-refractivity contribution in [2.45, 2.75) is 38.3 Å². The third kappa shape index (κ3) is 3.05. The van der Waals surface area contributed by atoms with Gasteiger partial charge in [-0.1, -0.05) is 31.5 Å². The van der Waals surface area contributed by atoms with Crippen LogP contribution in [0, 0.1) is 0 Å². The first-order chi connectivity index (χ1) is 9.11. The lowest BCUT2D eigenvalue weighted by Crippen LogP contribution is -2.47. The van der Waals surface area contributed by atoms with Gasteiger partial charge < -0.3 is 15.7 Å². The number of nitrogens with one attached hydrogen (secondary N) is 2. The smallest absolute Gasteiger partial charge is 0.326 e. The lowest BCUT2D eigenvalue weighted by Gasteiger charge is -2.17. The Morgan fingerprint density at radius 3 is 2.84 bits per heavy atom. The van der Waals surface area contributed by atoms with E-state index in [1.54, 1.807) is 0 Å². The van der Waals surface area contributed by atoms with E-state index in [0.29, 0.717) is 12.8 Å². The number of amides is 1. The largest absolute Gasteiger partial charge is 0.480 e. The Labute approximate surface area is 112 Å². The molecule has 0 unspecified atom stereocenters. The van der Waals surface area contributed by atoms with Crippen molar-refractivity contribution in [2.24, 2.45) is 0 Å². The highest BCUT2D eigenvalue weighted by Crippen LogP contribution is 2.25. The quantitative estimate of drug-likeness (QED) is 0.749. The van der Waals surface area contributed by atoms with Gasteiger partial charge in [-0.2, -0.15) is 0 Å². The molecular weight excluding hydrogens is 244 g/mol. The Hall–Kier alpha value is -2.04. The van der Waals surface area contributed by atoms with E-state index < -0.39 is 12.0 Å². The summed E-state index contributed by atoms with van der Waals surface area (Å²) in [5, 5.41) is 14.7. The zero-order valence-electron chi connectivity index (χ0n) is 10.8. The monoisotopic (exact) mass is 262 g/mol. The van der Waals surface area contributed by atoms with Crippen LogP contribution in [0.3, 0.4) is 0 Å². The fraction of sp³-hybridized carbons (Fsp3) is 0.429. The van der Waals surface area contributed by atoms with Crippen molar-refractivity contribution < 1.29 is 14.7 Å². The molecule has 0 spiro atoms. The number of anilines is 1. The van der Waals surface area contributed by atoms with E-state index in [1.165, 1.54) is 0 Å². The van der Waals surface area contributed by atoms with E-state index in [-0.39, 0.29) is 11.9 Å². The predicted octanol–water partition coefficient (Wildman–Crippen LogP) is 1.39. The lowest BCUT2D eigenvalue weighted by molar-refractivity contribution is -0.142. The summed E-state index contributed by atoms with van der Waals surface area (Å²) >= 11 is 0. The molecule has 0 aliphatic carbocycles. The maximum Gasteiger partial charge on any atom is 0.326 e. The Morgan fingerprint density at radius 1 is 1.47 bits per heavy atom. The number of para-hydroxylation sites is 1. The highest BCUT2D eigenvalue weighted by molar-refractivity contribution is 5.90. The van der Waals surface area contributed by atoms with Crippen LogP contribution in [0.1, 0.15) is 25.3 Å². The third-order valence-corrected chi connectivity index (χ3v) is 3.28. The highest BCUT2D eigenvalue weighted by Gasteiger charge is 2.29. The molecule has 0 fully saturated rings. The Balaban J connectivity index is 1.97. The summed E-state index contributed by atoms with van der Waals surface area (Å²) in [6.45, 7) is 1.89. The summed E-state index contributed by atoms with van der Waals surface area (Å²) in [6.07, 6.45) is 1.76. The molecule has 1 aromatic rings. The van der Waals surface area contributed by atoms with E-state index in [4.69, 9.17) is 5.11 Å². The number of fused-ring (bicyclic) bond motifs is 1. The Morgan fingerprint density at radius 2 is 2.21 bits per heavy atom. The van der Waals surface area contributed by atoms with E-state index in [2.05, 4.69) is 10.6 Å². The Bertz CT molecular complexity index is 462. The van der Waals surface area contributed by atoms with Gasteiger partial charge in [0.15, 0.2) is 0 Å². The molecule has 3 N–H and O–H groups in total. The van der Waals surface area contributed by atoms with Gasteiger partial charge in [-0.25, -0.2) is 4.79 Å². The van der Waals surface area contributed by atoms with Crippen molar-refractivity contribution >= 4 is 17.6 Å². The molecule has 0 saturated heterocycles. The van der Waals surface area contributed by atoms with Crippen LogP contribution in [-0.2, 0) is 16.0 Å². The van der Waals surface area contributed by atoms with E-state index in [0.717, 1.165) is 17.7 Å². The maximum atomic E-state index is 12.1. The van der Waals surface area contributed by atoms with Crippen LogP contribution in [0.15, 0.2) is 24.3 Å². The maximum absolute atomic E-state index is 12.1. The van der Waals surface area contributed by atoms with Gasteiger partial charge in [-0.15, -0.1) is 0 Å². The van der Waals surface area contributed by atoms with Crippen molar-refractivity contribution in [3.63, 3.8) is 0 Å². The zero-order chi connectivity index (χ0) is 13.8. The number of rotatable bonds is 5. The number of hydrogen-bond donors (Lipinski definition) is 3. The highest BCUT2D eigenvalue weighted by atomic mass is 16.4.